The molecule has 1 aliphatic rings. The van der Waals surface area contributed by atoms with Crippen LogP contribution >= 0.6 is 0 Å². The molecule has 0 saturated heterocycles. The third-order valence-electron chi connectivity index (χ3n) is 2.97. The van der Waals surface area contributed by atoms with Gasteiger partial charge in [0, 0.05) is 36.6 Å². The average Bonchev–Trinajstić information content (AvgIpc) is 2.88. The maximum Gasteiger partial charge on any atom is 0.227 e. The van der Waals surface area contributed by atoms with Crippen molar-refractivity contribution in [3.8, 4) is 5.75 Å². The first-order chi connectivity index (χ1) is 9.26. The van der Waals surface area contributed by atoms with Crippen LogP contribution in [0.15, 0.2) is 24.4 Å². The largest absolute Gasteiger partial charge is 0.494 e. The van der Waals surface area contributed by atoms with Crippen LogP contribution < -0.4 is 15.4 Å². The van der Waals surface area contributed by atoms with E-state index in [1.54, 1.807) is 18.3 Å². The molecule has 0 bridgehead atoms. The normalized spacial score (nSPS) is 13.2. The Balaban J connectivity index is 1.85. The van der Waals surface area contributed by atoms with Crippen molar-refractivity contribution in [1.82, 2.24) is 15.3 Å². The molecule has 0 atom stereocenters. The number of fused-ring (bicyclic) bond motifs is 1. The molecule has 0 unspecified atom stereocenters. The molecule has 98 valence electrons. The monoisotopic (exact) mass is 260 g/mol. The van der Waals surface area contributed by atoms with Crippen LogP contribution in [0.3, 0.4) is 0 Å². The summed E-state index contributed by atoms with van der Waals surface area (Å²) >= 11 is 0. The minimum Gasteiger partial charge on any atom is -0.494 e. The molecule has 0 aliphatic carbocycles. The summed E-state index contributed by atoms with van der Waals surface area (Å²) in [6, 6.07) is 4.53. The Labute approximate surface area is 109 Å². The summed E-state index contributed by atoms with van der Waals surface area (Å²) in [5.41, 5.74) is 2.79. The van der Waals surface area contributed by atoms with E-state index >= 15 is 0 Å². The minimum atomic E-state index is -0.396. The molecule has 2 aromatic rings. The first-order valence-corrected chi connectivity index (χ1v) is 5.92. The van der Waals surface area contributed by atoms with Gasteiger partial charge in [-0.2, -0.15) is 0 Å². The van der Waals surface area contributed by atoms with E-state index in [4.69, 9.17) is 4.74 Å². The van der Waals surface area contributed by atoms with Crippen molar-refractivity contribution in [3.63, 3.8) is 0 Å². The summed E-state index contributed by atoms with van der Waals surface area (Å²) in [5.74, 6) is 0.288. The number of ether oxygens (including phenoxy) is 1. The van der Waals surface area contributed by atoms with Crippen LogP contribution in [-0.4, -0.2) is 17.1 Å². The van der Waals surface area contributed by atoms with Crippen molar-refractivity contribution in [3.05, 3.63) is 41.5 Å². The zero-order valence-electron chi connectivity index (χ0n) is 10.4. The maximum atomic E-state index is 13.3. The molecule has 1 aliphatic heterocycles. The van der Waals surface area contributed by atoms with E-state index < -0.39 is 5.82 Å². The highest BCUT2D eigenvalue weighted by molar-refractivity contribution is 5.56. The lowest BCUT2D eigenvalue weighted by Crippen LogP contribution is -2.02. The number of hydrogen-bond acceptors (Lipinski definition) is 5. The van der Waals surface area contributed by atoms with Gasteiger partial charge in [-0.25, -0.2) is 14.4 Å². The Hall–Kier alpha value is -2.21. The van der Waals surface area contributed by atoms with Crippen LogP contribution in [0.4, 0.5) is 16.0 Å². The molecule has 5 nitrogen and oxygen atoms in total. The third-order valence-corrected chi connectivity index (χ3v) is 2.97. The number of benzene rings is 1. The van der Waals surface area contributed by atoms with Crippen LogP contribution in [0, 0.1) is 5.82 Å². The first kappa shape index (κ1) is 11.9. The van der Waals surface area contributed by atoms with Gasteiger partial charge in [0.25, 0.3) is 0 Å². The van der Waals surface area contributed by atoms with Gasteiger partial charge in [0.05, 0.1) is 12.8 Å². The zero-order chi connectivity index (χ0) is 13.2. The Bertz CT molecular complexity index is 609. The SMILES string of the molecule is COc1cc(Nc2ncc3c(n2)CNC3)ccc1F. The van der Waals surface area contributed by atoms with Gasteiger partial charge in [0.2, 0.25) is 5.95 Å². The van der Waals surface area contributed by atoms with Crippen LogP contribution in [0.25, 0.3) is 0 Å². The Kier molecular flexibility index (Phi) is 3.00. The fourth-order valence-corrected chi connectivity index (χ4v) is 1.99. The van der Waals surface area contributed by atoms with Crippen LogP contribution in [0.1, 0.15) is 11.3 Å². The molecular weight excluding hydrogens is 247 g/mol. The molecule has 2 N–H and O–H groups in total. The lowest BCUT2D eigenvalue weighted by atomic mass is 10.3. The number of anilines is 2. The van der Waals surface area contributed by atoms with E-state index in [9.17, 15) is 4.39 Å². The van der Waals surface area contributed by atoms with Crippen molar-refractivity contribution in [2.45, 2.75) is 13.1 Å². The standard InChI is InChI=1S/C13H13FN4O/c1-19-12-4-9(2-3-10(12)14)17-13-16-6-8-5-15-7-11(8)18-13/h2-4,6,15H,5,7H2,1H3,(H,16,17,18). The number of rotatable bonds is 3. The van der Waals surface area contributed by atoms with Gasteiger partial charge in [-0.1, -0.05) is 0 Å². The van der Waals surface area contributed by atoms with E-state index in [1.165, 1.54) is 13.2 Å². The van der Waals surface area contributed by atoms with E-state index in [1.807, 2.05) is 0 Å². The molecule has 0 radical (unpaired) electrons. The van der Waals surface area contributed by atoms with Gasteiger partial charge in [0.15, 0.2) is 11.6 Å². The molecular formula is C13H13FN4O. The van der Waals surface area contributed by atoms with Gasteiger partial charge >= 0.3 is 0 Å². The van der Waals surface area contributed by atoms with Gasteiger partial charge in [-0.3, -0.25) is 0 Å². The number of nitrogens with one attached hydrogen (secondary N) is 2. The van der Waals surface area contributed by atoms with E-state index in [0.717, 1.165) is 24.3 Å². The second-order valence-electron chi connectivity index (χ2n) is 4.24. The predicted octanol–water partition coefficient (Wildman–Crippen LogP) is 1.97. The fraction of sp³-hybridized carbons (Fsp3) is 0.231. The molecule has 0 amide bonds. The first-order valence-electron chi connectivity index (χ1n) is 5.92. The quantitative estimate of drug-likeness (QED) is 0.883. The Morgan fingerprint density at radius 3 is 3.11 bits per heavy atom. The van der Waals surface area contributed by atoms with Crippen molar-refractivity contribution >= 4 is 11.6 Å². The lowest BCUT2D eigenvalue weighted by molar-refractivity contribution is 0.387. The summed E-state index contributed by atoms with van der Waals surface area (Å²) < 4.78 is 18.2. The number of hydrogen-bond donors (Lipinski definition) is 2. The van der Waals surface area contributed by atoms with Crippen molar-refractivity contribution in [1.29, 1.82) is 0 Å². The van der Waals surface area contributed by atoms with Gasteiger partial charge in [0.1, 0.15) is 0 Å². The summed E-state index contributed by atoms with van der Waals surface area (Å²) in [6.07, 6.45) is 1.80. The van der Waals surface area contributed by atoms with E-state index in [2.05, 4.69) is 20.6 Å². The zero-order valence-corrected chi connectivity index (χ0v) is 10.4. The van der Waals surface area contributed by atoms with Crippen LogP contribution in [0.5, 0.6) is 5.75 Å². The maximum absolute atomic E-state index is 13.3. The second-order valence-corrected chi connectivity index (χ2v) is 4.24. The highest BCUT2D eigenvalue weighted by Crippen LogP contribution is 2.23. The molecule has 0 saturated carbocycles. The Morgan fingerprint density at radius 2 is 2.26 bits per heavy atom. The summed E-state index contributed by atoms with van der Waals surface area (Å²) in [4.78, 5) is 8.63. The van der Waals surface area contributed by atoms with Crippen molar-refractivity contribution in [2.75, 3.05) is 12.4 Å². The highest BCUT2D eigenvalue weighted by Gasteiger charge is 2.13. The van der Waals surface area contributed by atoms with E-state index in [0.29, 0.717) is 11.6 Å². The molecule has 2 heterocycles. The summed E-state index contributed by atoms with van der Waals surface area (Å²) in [5, 5.41) is 6.24. The van der Waals surface area contributed by atoms with Crippen molar-refractivity contribution in [2.24, 2.45) is 0 Å². The Morgan fingerprint density at radius 1 is 1.37 bits per heavy atom. The average molecular weight is 260 g/mol. The molecule has 1 aromatic heterocycles. The summed E-state index contributed by atoms with van der Waals surface area (Å²) in [6.45, 7) is 1.55. The molecule has 0 fully saturated rings. The highest BCUT2D eigenvalue weighted by atomic mass is 19.1. The third kappa shape index (κ3) is 2.34. The lowest BCUT2D eigenvalue weighted by Gasteiger charge is -2.08. The van der Waals surface area contributed by atoms with E-state index in [-0.39, 0.29) is 5.75 Å². The van der Waals surface area contributed by atoms with Gasteiger partial charge in [-0.15, -0.1) is 0 Å². The molecule has 1 aromatic carbocycles. The topological polar surface area (TPSA) is 59.1 Å². The number of methoxy groups -OCH3 is 1. The van der Waals surface area contributed by atoms with Crippen molar-refractivity contribution < 1.29 is 9.13 Å². The molecule has 6 heteroatoms. The number of halogens is 1. The van der Waals surface area contributed by atoms with Gasteiger partial charge in [-0.05, 0) is 12.1 Å². The molecule has 3 rings (SSSR count). The molecule has 19 heavy (non-hydrogen) atoms. The predicted molar refractivity (Wildman–Crippen MR) is 68.8 cm³/mol. The number of aromatic nitrogens is 2. The van der Waals surface area contributed by atoms with Crippen LogP contribution in [0.2, 0.25) is 0 Å². The summed E-state index contributed by atoms with van der Waals surface area (Å²) in [7, 11) is 1.43. The number of nitrogens with zero attached hydrogens (tertiary/aromatic N) is 2. The second kappa shape index (κ2) is 4.81. The minimum absolute atomic E-state index is 0.188. The van der Waals surface area contributed by atoms with Gasteiger partial charge < -0.3 is 15.4 Å². The van der Waals surface area contributed by atoms with Crippen LogP contribution in [-0.2, 0) is 13.1 Å². The smallest absolute Gasteiger partial charge is 0.227 e. The molecule has 0 spiro atoms. The fourth-order valence-electron chi connectivity index (χ4n) is 1.99.